The molecule has 0 heterocycles. The van der Waals surface area contributed by atoms with E-state index >= 15 is 0 Å². The van der Waals surface area contributed by atoms with Crippen molar-refractivity contribution in [1.29, 1.82) is 0 Å². The lowest BCUT2D eigenvalue weighted by atomic mass is 10.1. The standard InChI is InChI=1S/C24H21O2P/c1-26-22-15-14-20-16-19(12-13-21(20)17-22)18-27(25,23-8-4-2-5-9-23)24-10-6-3-7-11-24/h2-17H,18H2,1H3. The van der Waals surface area contributed by atoms with Gasteiger partial charge in [0.15, 0.2) is 0 Å². The molecule has 2 nitrogen and oxygen atoms in total. The SMILES string of the molecule is COc1ccc2cc(CP(=O)(c3ccccc3)c3ccccc3)ccc2c1. The van der Waals surface area contributed by atoms with E-state index in [4.69, 9.17) is 4.74 Å². The zero-order chi connectivity index (χ0) is 18.7. The number of fused-ring (bicyclic) bond motifs is 1. The third-order valence-electron chi connectivity index (χ3n) is 4.86. The van der Waals surface area contributed by atoms with E-state index in [1.807, 2.05) is 78.9 Å². The van der Waals surface area contributed by atoms with Gasteiger partial charge in [-0.05, 0) is 28.5 Å². The first-order valence-electron chi connectivity index (χ1n) is 8.96. The van der Waals surface area contributed by atoms with Gasteiger partial charge in [0.2, 0.25) is 0 Å². The second-order valence-corrected chi connectivity index (χ2v) is 9.44. The van der Waals surface area contributed by atoms with E-state index in [1.165, 1.54) is 0 Å². The molecule has 0 bridgehead atoms. The van der Waals surface area contributed by atoms with Crippen LogP contribution in [0.25, 0.3) is 10.8 Å². The number of rotatable bonds is 5. The summed E-state index contributed by atoms with van der Waals surface area (Å²) >= 11 is 0. The average Bonchev–Trinajstić information content (AvgIpc) is 2.74. The average molecular weight is 372 g/mol. The Bertz CT molecular complexity index is 1060. The molecule has 0 saturated carbocycles. The van der Waals surface area contributed by atoms with Crippen LogP contribution >= 0.6 is 7.14 Å². The molecule has 0 spiro atoms. The van der Waals surface area contributed by atoms with Crippen LogP contribution in [0, 0.1) is 0 Å². The summed E-state index contributed by atoms with van der Waals surface area (Å²) in [7, 11) is -1.09. The van der Waals surface area contributed by atoms with E-state index < -0.39 is 7.14 Å². The number of methoxy groups -OCH3 is 1. The highest BCUT2D eigenvalue weighted by Crippen LogP contribution is 2.47. The predicted octanol–water partition coefficient (Wildman–Crippen LogP) is 5.36. The van der Waals surface area contributed by atoms with Crippen molar-refractivity contribution in [1.82, 2.24) is 0 Å². The monoisotopic (exact) mass is 372 g/mol. The number of ether oxygens (including phenoxy) is 1. The molecular formula is C24H21O2P. The summed E-state index contributed by atoms with van der Waals surface area (Å²) in [5.41, 5.74) is 1.07. The smallest absolute Gasteiger partial charge is 0.147 e. The van der Waals surface area contributed by atoms with Crippen LogP contribution in [-0.2, 0) is 10.7 Å². The fourth-order valence-corrected chi connectivity index (χ4v) is 6.11. The third-order valence-corrected chi connectivity index (χ3v) is 7.94. The van der Waals surface area contributed by atoms with E-state index in [1.54, 1.807) is 7.11 Å². The van der Waals surface area contributed by atoms with Gasteiger partial charge in [0, 0.05) is 16.8 Å². The van der Waals surface area contributed by atoms with Gasteiger partial charge in [-0.2, -0.15) is 0 Å². The fraction of sp³-hybridized carbons (Fsp3) is 0.0833. The molecule has 0 unspecified atom stereocenters. The maximum atomic E-state index is 14.2. The Labute approximate surface area is 159 Å². The Kier molecular flexibility index (Phi) is 4.83. The highest BCUT2D eigenvalue weighted by Gasteiger charge is 2.27. The van der Waals surface area contributed by atoms with Crippen molar-refractivity contribution in [2.45, 2.75) is 6.16 Å². The molecule has 3 heteroatoms. The zero-order valence-corrected chi connectivity index (χ0v) is 16.1. The van der Waals surface area contributed by atoms with Crippen molar-refractivity contribution in [2.75, 3.05) is 7.11 Å². The van der Waals surface area contributed by atoms with Crippen LogP contribution in [0.2, 0.25) is 0 Å². The summed E-state index contributed by atoms with van der Waals surface area (Å²) in [6.07, 6.45) is 0.503. The van der Waals surface area contributed by atoms with Crippen LogP contribution in [0.4, 0.5) is 0 Å². The number of benzene rings is 4. The Morgan fingerprint density at radius 3 is 1.85 bits per heavy atom. The molecule has 0 aliphatic carbocycles. The largest absolute Gasteiger partial charge is 0.497 e. The van der Waals surface area contributed by atoms with E-state index in [2.05, 4.69) is 18.2 Å². The molecule has 4 rings (SSSR count). The lowest BCUT2D eigenvalue weighted by Crippen LogP contribution is -2.17. The predicted molar refractivity (Wildman–Crippen MR) is 114 cm³/mol. The van der Waals surface area contributed by atoms with Crippen molar-refractivity contribution in [2.24, 2.45) is 0 Å². The Morgan fingerprint density at radius 1 is 0.704 bits per heavy atom. The molecule has 0 fully saturated rings. The van der Waals surface area contributed by atoms with Gasteiger partial charge >= 0.3 is 0 Å². The first-order valence-corrected chi connectivity index (χ1v) is 10.9. The minimum atomic E-state index is -2.76. The van der Waals surface area contributed by atoms with Crippen molar-refractivity contribution in [3.63, 3.8) is 0 Å². The van der Waals surface area contributed by atoms with Crippen molar-refractivity contribution >= 4 is 28.5 Å². The summed E-state index contributed by atoms with van der Waals surface area (Å²) in [5, 5.41) is 4.03. The Balaban J connectivity index is 1.78. The van der Waals surface area contributed by atoms with Crippen LogP contribution in [0.3, 0.4) is 0 Å². The van der Waals surface area contributed by atoms with E-state index in [0.717, 1.165) is 32.7 Å². The first-order chi connectivity index (χ1) is 13.2. The summed E-state index contributed by atoms with van der Waals surface area (Å²) in [4.78, 5) is 0. The third kappa shape index (κ3) is 3.54. The summed E-state index contributed by atoms with van der Waals surface area (Å²) in [6.45, 7) is 0. The molecule has 0 aromatic heterocycles. The van der Waals surface area contributed by atoms with Crippen molar-refractivity contribution in [3.05, 3.63) is 103 Å². The molecule has 27 heavy (non-hydrogen) atoms. The molecule has 0 aliphatic rings. The van der Waals surface area contributed by atoms with Crippen LogP contribution in [-0.4, -0.2) is 7.11 Å². The quantitative estimate of drug-likeness (QED) is 0.441. The van der Waals surface area contributed by atoms with Gasteiger partial charge < -0.3 is 9.30 Å². The molecule has 4 aromatic carbocycles. The minimum Gasteiger partial charge on any atom is -0.497 e. The van der Waals surface area contributed by atoms with Gasteiger partial charge in [-0.1, -0.05) is 84.9 Å². The second kappa shape index (κ2) is 7.42. The second-order valence-electron chi connectivity index (χ2n) is 6.62. The van der Waals surface area contributed by atoms with Gasteiger partial charge in [-0.25, -0.2) is 0 Å². The molecule has 134 valence electrons. The molecular weight excluding hydrogens is 351 g/mol. The molecule has 0 N–H and O–H groups in total. The van der Waals surface area contributed by atoms with Crippen LogP contribution < -0.4 is 15.3 Å². The summed E-state index contributed by atoms with van der Waals surface area (Å²) < 4.78 is 19.5. The van der Waals surface area contributed by atoms with Gasteiger partial charge in [0.05, 0.1) is 7.11 Å². The van der Waals surface area contributed by atoms with Gasteiger partial charge in [-0.3, -0.25) is 0 Å². The van der Waals surface area contributed by atoms with E-state index in [-0.39, 0.29) is 0 Å². The highest BCUT2D eigenvalue weighted by molar-refractivity contribution is 7.78. The summed E-state index contributed by atoms with van der Waals surface area (Å²) in [5.74, 6) is 0.842. The van der Waals surface area contributed by atoms with Crippen LogP contribution in [0.5, 0.6) is 5.75 Å². The lowest BCUT2D eigenvalue weighted by molar-refractivity contribution is 0.415. The Hall–Kier alpha value is -2.83. The van der Waals surface area contributed by atoms with Crippen molar-refractivity contribution < 1.29 is 9.30 Å². The van der Waals surface area contributed by atoms with Gasteiger partial charge in [0.1, 0.15) is 12.9 Å². The molecule has 4 aromatic rings. The van der Waals surface area contributed by atoms with Gasteiger partial charge in [0.25, 0.3) is 0 Å². The normalized spacial score (nSPS) is 11.4. The highest BCUT2D eigenvalue weighted by atomic mass is 31.2. The first kappa shape index (κ1) is 17.6. The van der Waals surface area contributed by atoms with E-state index in [0.29, 0.717) is 6.16 Å². The summed E-state index contributed by atoms with van der Waals surface area (Å²) in [6, 6.07) is 31.9. The molecule has 0 atom stereocenters. The maximum absolute atomic E-state index is 14.2. The number of hydrogen-bond donors (Lipinski definition) is 0. The van der Waals surface area contributed by atoms with Crippen LogP contribution in [0.1, 0.15) is 5.56 Å². The van der Waals surface area contributed by atoms with E-state index in [9.17, 15) is 4.57 Å². The minimum absolute atomic E-state index is 0.503. The molecule has 0 aliphatic heterocycles. The topological polar surface area (TPSA) is 26.3 Å². The Morgan fingerprint density at radius 2 is 1.26 bits per heavy atom. The van der Waals surface area contributed by atoms with Gasteiger partial charge in [-0.15, -0.1) is 0 Å². The maximum Gasteiger partial charge on any atom is 0.147 e. The molecule has 0 radical (unpaired) electrons. The fourth-order valence-electron chi connectivity index (χ4n) is 3.42. The molecule has 0 amide bonds. The number of hydrogen-bond acceptors (Lipinski definition) is 2. The lowest BCUT2D eigenvalue weighted by Gasteiger charge is -2.20. The van der Waals surface area contributed by atoms with Crippen molar-refractivity contribution in [3.8, 4) is 5.75 Å². The van der Waals surface area contributed by atoms with Crippen LogP contribution in [0.15, 0.2) is 97.1 Å². The zero-order valence-electron chi connectivity index (χ0n) is 15.2. The molecule has 0 saturated heterocycles.